The lowest BCUT2D eigenvalue weighted by Gasteiger charge is -2.13. The molecule has 1 heterocycles. The molecule has 96 valence electrons. The molecule has 2 rings (SSSR count). The molecule has 0 aliphatic rings. The predicted molar refractivity (Wildman–Crippen MR) is 72.6 cm³/mol. The Labute approximate surface area is 114 Å². The van der Waals surface area contributed by atoms with E-state index in [0.29, 0.717) is 0 Å². The highest BCUT2D eigenvalue weighted by Crippen LogP contribution is 2.25. The van der Waals surface area contributed by atoms with Crippen molar-refractivity contribution in [2.24, 2.45) is 12.8 Å². The second-order valence-electron chi connectivity index (χ2n) is 4.27. The number of hydrogen-bond donors (Lipinski definition) is 1. The molecule has 1 aromatic heterocycles. The van der Waals surface area contributed by atoms with Crippen LogP contribution in [0.1, 0.15) is 23.9 Å². The van der Waals surface area contributed by atoms with Gasteiger partial charge in [-0.3, -0.25) is 0 Å². The molecule has 0 saturated carbocycles. The van der Waals surface area contributed by atoms with Crippen LogP contribution in [-0.2, 0) is 13.5 Å². The van der Waals surface area contributed by atoms with Gasteiger partial charge in [-0.05, 0) is 30.2 Å². The van der Waals surface area contributed by atoms with Gasteiger partial charge in [0, 0.05) is 36.4 Å². The molecule has 0 aliphatic heterocycles. The summed E-state index contributed by atoms with van der Waals surface area (Å²) in [6.07, 6.45) is 5.17. The maximum absolute atomic E-state index is 13.2. The number of nitrogens with two attached hydrogens (primary N) is 1. The second kappa shape index (κ2) is 5.63. The molecular formula is C13H15BrFN3. The Morgan fingerprint density at radius 1 is 1.50 bits per heavy atom. The topological polar surface area (TPSA) is 43.8 Å². The minimum Gasteiger partial charge on any atom is -0.338 e. The SMILES string of the molecule is Cn1ccnc1CCC(N)c1cc(F)ccc1Br. The summed E-state index contributed by atoms with van der Waals surface area (Å²) in [6, 6.07) is 4.38. The van der Waals surface area contributed by atoms with Crippen LogP contribution >= 0.6 is 15.9 Å². The van der Waals surface area contributed by atoms with E-state index >= 15 is 0 Å². The number of halogens is 2. The van der Waals surface area contributed by atoms with Crippen molar-refractivity contribution in [3.05, 3.63) is 52.3 Å². The lowest BCUT2D eigenvalue weighted by atomic mass is 10.0. The predicted octanol–water partition coefficient (Wildman–Crippen LogP) is 2.95. The molecule has 2 N–H and O–H groups in total. The lowest BCUT2D eigenvalue weighted by molar-refractivity contribution is 0.597. The standard InChI is InChI=1S/C13H15BrFN3/c1-18-7-6-17-13(18)5-4-12(16)10-8-9(15)2-3-11(10)14/h2-3,6-8,12H,4-5,16H2,1H3. The zero-order chi connectivity index (χ0) is 13.1. The van der Waals surface area contributed by atoms with Gasteiger partial charge < -0.3 is 10.3 Å². The first-order valence-corrected chi connectivity index (χ1v) is 6.54. The minimum atomic E-state index is -0.263. The molecular weight excluding hydrogens is 297 g/mol. The molecule has 0 radical (unpaired) electrons. The van der Waals surface area contributed by atoms with Crippen molar-refractivity contribution in [1.29, 1.82) is 0 Å². The quantitative estimate of drug-likeness (QED) is 0.943. The highest BCUT2D eigenvalue weighted by atomic mass is 79.9. The number of hydrogen-bond acceptors (Lipinski definition) is 2. The summed E-state index contributed by atoms with van der Waals surface area (Å²) in [7, 11) is 1.95. The van der Waals surface area contributed by atoms with Crippen molar-refractivity contribution in [2.45, 2.75) is 18.9 Å². The van der Waals surface area contributed by atoms with Gasteiger partial charge in [-0.2, -0.15) is 0 Å². The van der Waals surface area contributed by atoms with E-state index in [9.17, 15) is 4.39 Å². The van der Waals surface area contributed by atoms with Crippen LogP contribution in [-0.4, -0.2) is 9.55 Å². The lowest BCUT2D eigenvalue weighted by Crippen LogP contribution is -2.13. The van der Waals surface area contributed by atoms with E-state index in [0.717, 1.165) is 28.7 Å². The molecule has 1 unspecified atom stereocenters. The van der Waals surface area contributed by atoms with E-state index in [1.165, 1.54) is 12.1 Å². The number of rotatable bonds is 4. The molecule has 3 nitrogen and oxygen atoms in total. The first-order chi connectivity index (χ1) is 8.58. The third-order valence-electron chi connectivity index (χ3n) is 2.96. The Kier molecular flexibility index (Phi) is 4.14. The van der Waals surface area contributed by atoms with E-state index in [2.05, 4.69) is 20.9 Å². The molecule has 2 aromatic rings. The Bertz CT molecular complexity index is 539. The van der Waals surface area contributed by atoms with Gasteiger partial charge in [-0.25, -0.2) is 9.37 Å². The molecule has 0 fully saturated rings. The van der Waals surface area contributed by atoms with E-state index < -0.39 is 0 Å². The number of aromatic nitrogens is 2. The molecule has 0 spiro atoms. The van der Waals surface area contributed by atoms with Crippen molar-refractivity contribution in [3.8, 4) is 0 Å². The van der Waals surface area contributed by atoms with Gasteiger partial charge in [0.05, 0.1) is 0 Å². The van der Waals surface area contributed by atoms with E-state index in [4.69, 9.17) is 5.73 Å². The van der Waals surface area contributed by atoms with Crippen molar-refractivity contribution in [2.75, 3.05) is 0 Å². The van der Waals surface area contributed by atoms with E-state index in [1.807, 2.05) is 17.8 Å². The van der Waals surface area contributed by atoms with Crippen LogP contribution in [0.5, 0.6) is 0 Å². The Morgan fingerprint density at radius 2 is 2.28 bits per heavy atom. The molecule has 1 atom stereocenters. The summed E-state index contributed by atoms with van der Waals surface area (Å²) in [5, 5.41) is 0. The molecule has 0 bridgehead atoms. The number of benzene rings is 1. The average Bonchev–Trinajstić information content (AvgIpc) is 2.75. The van der Waals surface area contributed by atoms with E-state index in [1.54, 1.807) is 12.3 Å². The average molecular weight is 312 g/mol. The number of imidazole rings is 1. The maximum atomic E-state index is 13.2. The fourth-order valence-electron chi connectivity index (χ4n) is 1.88. The molecule has 1 aromatic carbocycles. The minimum absolute atomic E-state index is 0.202. The van der Waals surface area contributed by atoms with Crippen LogP contribution in [0.2, 0.25) is 0 Å². The first-order valence-electron chi connectivity index (χ1n) is 5.74. The third kappa shape index (κ3) is 2.97. The first kappa shape index (κ1) is 13.2. The van der Waals surface area contributed by atoms with Crippen LogP contribution in [0.4, 0.5) is 4.39 Å². The van der Waals surface area contributed by atoms with Crippen LogP contribution < -0.4 is 5.73 Å². The van der Waals surface area contributed by atoms with Crippen LogP contribution in [0, 0.1) is 5.82 Å². The van der Waals surface area contributed by atoms with Crippen molar-refractivity contribution in [3.63, 3.8) is 0 Å². The third-order valence-corrected chi connectivity index (χ3v) is 3.68. The van der Waals surface area contributed by atoms with Crippen LogP contribution in [0.15, 0.2) is 35.1 Å². The molecule has 5 heteroatoms. The van der Waals surface area contributed by atoms with Crippen molar-refractivity contribution >= 4 is 15.9 Å². The van der Waals surface area contributed by atoms with Gasteiger partial charge in [0.1, 0.15) is 11.6 Å². The zero-order valence-corrected chi connectivity index (χ0v) is 11.7. The van der Waals surface area contributed by atoms with Crippen molar-refractivity contribution in [1.82, 2.24) is 9.55 Å². The Balaban J connectivity index is 2.06. The largest absolute Gasteiger partial charge is 0.338 e. The van der Waals surface area contributed by atoms with Crippen LogP contribution in [0.25, 0.3) is 0 Å². The van der Waals surface area contributed by atoms with Crippen LogP contribution in [0.3, 0.4) is 0 Å². The molecule has 0 saturated heterocycles. The molecule has 0 aliphatic carbocycles. The van der Waals surface area contributed by atoms with Gasteiger partial charge in [0.15, 0.2) is 0 Å². The summed E-state index contributed by atoms with van der Waals surface area (Å²) in [4.78, 5) is 4.24. The van der Waals surface area contributed by atoms with Gasteiger partial charge in [0.2, 0.25) is 0 Å². The fraction of sp³-hybridized carbons (Fsp3) is 0.308. The van der Waals surface area contributed by atoms with Gasteiger partial charge >= 0.3 is 0 Å². The zero-order valence-electron chi connectivity index (χ0n) is 10.1. The fourth-order valence-corrected chi connectivity index (χ4v) is 2.42. The number of nitrogens with zero attached hydrogens (tertiary/aromatic N) is 2. The van der Waals surface area contributed by atoms with Gasteiger partial charge in [-0.1, -0.05) is 15.9 Å². The normalized spacial score (nSPS) is 12.7. The summed E-state index contributed by atoms with van der Waals surface area (Å²) >= 11 is 3.40. The summed E-state index contributed by atoms with van der Waals surface area (Å²) in [5.41, 5.74) is 6.89. The smallest absolute Gasteiger partial charge is 0.123 e. The van der Waals surface area contributed by atoms with Crippen molar-refractivity contribution < 1.29 is 4.39 Å². The molecule has 18 heavy (non-hydrogen) atoms. The summed E-state index contributed by atoms with van der Waals surface area (Å²) in [6.45, 7) is 0. The maximum Gasteiger partial charge on any atom is 0.123 e. The second-order valence-corrected chi connectivity index (χ2v) is 5.12. The highest BCUT2D eigenvalue weighted by molar-refractivity contribution is 9.10. The van der Waals surface area contributed by atoms with Gasteiger partial charge in [0.25, 0.3) is 0 Å². The Morgan fingerprint density at radius 3 is 2.94 bits per heavy atom. The number of aryl methyl sites for hydroxylation is 2. The van der Waals surface area contributed by atoms with Gasteiger partial charge in [-0.15, -0.1) is 0 Å². The monoisotopic (exact) mass is 311 g/mol. The Hall–Kier alpha value is -1.20. The summed E-state index contributed by atoms with van der Waals surface area (Å²) < 4.78 is 16.0. The highest BCUT2D eigenvalue weighted by Gasteiger charge is 2.12. The summed E-state index contributed by atoms with van der Waals surface area (Å²) in [5.74, 6) is 0.721. The molecule has 0 amide bonds. The van der Waals surface area contributed by atoms with E-state index in [-0.39, 0.29) is 11.9 Å².